The zero-order valence-electron chi connectivity index (χ0n) is 17.3. The zero-order chi connectivity index (χ0) is 20.8. The van der Waals surface area contributed by atoms with Crippen LogP contribution in [0.4, 0.5) is 0 Å². The molecule has 0 saturated carbocycles. The Morgan fingerprint density at radius 2 is 1.60 bits per heavy atom. The Balaban J connectivity index is 1.73. The van der Waals surface area contributed by atoms with Crippen molar-refractivity contribution in [2.24, 2.45) is 0 Å². The molecule has 5 aromatic rings. The van der Waals surface area contributed by atoms with Gasteiger partial charge in [0.1, 0.15) is 17.0 Å². The van der Waals surface area contributed by atoms with Crippen molar-refractivity contribution in [3.8, 4) is 17.3 Å². The lowest BCUT2D eigenvalue weighted by molar-refractivity contribution is 0.480. The maximum atomic E-state index is 10.3. The van der Waals surface area contributed by atoms with Gasteiger partial charge in [0.05, 0.1) is 11.0 Å². The van der Waals surface area contributed by atoms with E-state index in [0.717, 1.165) is 27.9 Å². The summed E-state index contributed by atoms with van der Waals surface area (Å²) in [4.78, 5) is 9.71. The molecular formula is C26H23N3O. The Bertz CT molecular complexity index is 1400. The second kappa shape index (κ2) is 6.99. The van der Waals surface area contributed by atoms with Crippen LogP contribution in [0.1, 0.15) is 22.3 Å². The number of aryl methyl sites for hydroxylation is 3. The van der Waals surface area contributed by atoms with Crippen molar-refractivity contribution < 1.29 is 5.11 Å². The van der Waals surface area contributed by atoms with Gasteiger partial charge in [-0.3, -0.25) is 0 Å². The average Bonchev–Trinajstić information content (AvgIpc) is 3.04. The third kappa shape index (κ3) is 3.20. The molecule has 5 rings (SSSR count). The summed E-state index contributed by atoms with van der Waals surface area (Å²) in [6, 6.07) is 22.4. The fourth-order valence-corrected chi connectivity index (χ4v) is 4.19. The highest BCUT2D eigenvalue weighted by Crippen LogP contribution is 2.29. The standard InChI is InChI=1S/C26H23N3O/c1-16-7-10-23-22(14-16)28-26(29(23)15-19-12-17(2)11-18(3)13-19)21-9-8-20-5-4-6-24(30)25(20)27-21/h4-14,30H,15H2,1-3H3. The van der Waals surface area contributed by atoms with E-state index in [1.807, 2.05) is 24.3 Å². The summed E-state index contributed by atoms with van der Waals surface area (Å²) in [5.41, 5.74) is 8.29. The molecule has 2 aromatic heterocycles. The first-order chi connectivity index (χ1) is 14.5. The van der Waals surface area contributed by atoms with Crippen LogP contribution in [0.5, 0.6) is 5.75 Å². The van der Waals surface area contributed by atoms with Crippen molar-refractivity contribution in [1.82, 2.24) is 14.5 Å². The fraction of sp³-hybridized carbons (Fsp3) is 0.154. The summed E-state index contributed by atoms with van der Waals surface area (Å²) in [6.07, 6.45) is 0. The highest BCUT2D eigenvalue weighted by molar-refractivity contribution is 5.87. The molecular weight excluding hydrogens is 370 g/mol. The average molecular weight is 393 g/mol. The Kier molecular flexibility index (Phi) is 4.28. The first-order valence-corrected chi connectivity index (χ1v) is 10.1. The molecule has 1 N–H and O–H groups in total. The third-order valence-corrected chi connectivity index (χ3v) is 5.45. The summed E-state index contributed by atoms with van der Waals surface area (Å²) in [7, 11) is 0. The van der Waals surface area contributed by atoms with Crippen molar-refractivity contribution >= 4 is 21.9 Å². The Morgan fingerprint density at radius 1 is 0.800 bits per heavy atom. The molecule has 0 aliphatic carbocycles. The monoisotopic (exact) mass is 393 g/mol. The number of phenols is 1. The second-order valence-corrected chi connectivity index (χ2v) is 8.06. The molecule has 0 bridgehead atoms. The molecule has 148 valence electrons. The minimum Gasteiger partial charge on any atom is -0.506 e. The highest BCUT2D eigenvalue weighted by atomic mass is 16.3. The van der Waals surface area contributed by atoms with E-state index in [4.69, 9.17) is 9.97 Å². The van der Waals surface area contributed by atoms with Crippen LogP contribution in [-0.4, -0.2) is 19.6 Å². The molecule has 4 heteroatoms. The van der Waals surface area contributed by atoms with E-state index in [2.05, 4.69) is 61.7 Å². The molecule has 2 heterocycles. The quantitative estimate of drug-likeness (QED) is 0.413. The van der Waals surface area contributed by atoms with Crippen LogP contribution in [0.3, 0.4) is 0 Å². The van der Waals surface area contributed by atoms with Crippen LogP contribution in [-0.2, 0) is 6.54 Å². The molecule has 0 atom stereocenters. The molecule has 0 aliphatic heterocycles. The largest absolute Gasteiger partial charge is 0.506 e. The Morgan fingerprint density at radius 3 is 2.40 bits per heavy atom. The van der Waals surface area contributed by atoms with E-state index in [1.165, 1.54) is 22.3 Å². The summed E-state index contributed by atoms with van der Waals surface area (Å²) in [6.45, 7) is 7.03. The SMILES string of the molecule is Cc1cc(C)cc(Cn2c(-c3ccc4cccc(O)c4n3)nc3cc(C)ccc32)c1. The fourth-order valence-electron chi connectivity index (χ4n) is 4.19. The number of para-hydroxylation sites is 1. The molecule has 3 aromatic carbocycles. The number of imidazole rings is 1. The summed E-state index contributed by atoms with van der Waals surface area (Å²) < 4.78 is 2.22. The summed E-state index contributed by atoms with van der Waals surface area (Å²) >= 11 is 0. The molecule has 0 amide bonds. The smallest absolute Gasteiger partial charge is 0.160 e. The van der Waals surface area contributed by atoms with E-state index in [0.29, 0.717) is 12.1 Å². The van der Waals surface area contributed by atoms with Gasteiger partial charge in [-0.05, 0) is 56.2 Å². The number of pyridine rings is 1. The van der Waals surface area contributed by atoms with Crippen LogP contribution in [0.15, 0.2) is 66.7 Å². The summed E-state index contributed by atoms with van der Waals surface area (Å²) in [5.74, 6) is 0.988. The van der Waals surface area contributed by atoms with Gasteiger partial charge >= 0.3 is 0 Å². The molecule has 30 heavy (non-hydrogen) atoms. The topological polar surface area (TPSA) is 50.9 Å². The number of hydrogen-bond acceptors (Lipinski definition) is 3. The molecule has 0 unspecified atom stereocenters. The van der Waals surface area contributed by atoms with Gasteiger partial charge in [0.2, 0.25) is 0 Å². The van der Waals surface area contributed by atoms with Gasteiger partial charge in [-0.15, -0.1) is 0 Å². The first-order valence-electron chi connectivity index (χ1n) is 10.1. The Hall–Kier alpha value is -3.66. The molecule has 0 radical (unpaired) electrons. The van der Waals surface area contributed by atoms with Gasteiger partial charge in [-0.1, -0.05) is 53.6 Å². The van der Waals surface area contributed by atoms with Gasteiger partial charge in [0.15, 0.2) is 5.82 Å². The molecule has 0 saturated heterocycles. The summed E-state index contributed by atoms with van der Waals surface area (Å²) in [5, 5.41) is 11.2. The lowest BCUT2D eigenvalue weighted by Gasteiger charge is -2.11. The highest BCUT2D eigenvalue weighted by Gasteiger charge is 2.16. The lowest BCUT2D eigenvalue weighted by atomic mass is 10.1. The van der Waals surface area contributed by atoms with Gasteiger partial charge in [-0.2, -0.15) is 0 Å². The van der Waals surface area contributed by atoms with Crippen molar-refractivity contribution in [3.05, 3.63) is 89.0 Å². The number of phenolic OH excluding ortho intramolecular Hbond substituents is 1. The van der Waals surface area contributed by atoms with Crippen molar-refractivity contribution in [2.75, 3.05) is 0 Å². The minimum absolute atomic E-state index is 0.183. The van der Waals surface area contributed by atoms with Gasteiger partial charge in [0.25, 0.3) is 0 Å². The molecule has 0 spiro atoms. The van der Waals surface area contributed by atoms with Crippen LogP contribution in [0.25, 0.3) is 33.5 Å². The van der Waals surface area contributed by atoms with E-state index < -0.39 is 0 Å². The maximum absolute atomic E-state index is 10.3. The lowest BCUT2D eigenvalue weighted by Crippen LogP contribution is -2.04. The molecule has 0 fully saturated rings. The van der Waals surface area contributed by atoms with E-state index in [1.54, 1.807) is 6.07 Å². The number of nitrogens with zero attached hydrogens (tertiary/aromatic N) is 3. The predicted molar refractivity (Wildman–Crippen MR) is 122 cm³/mol. The van der Waals surface area contributed by atoms with Crippen molar-refractivity contribution in [2.45, 2.75) is 27.3 Å². The first kappa shape index (κ1) is 18.4. The van der Waals surface area contributed by atoms with Gasteiger partial charge in [-0.25, -0.2) is 9.97 Å². The van der Waals surface area contributed by atoms with Crippen LogP contribution < -0.4 is 0 Å². The van der Waals surface area contributed by atoms with Crippen LogP contribution >= 0.6 is 0 Å². The van der Waals surface area contributed by atoms with Crippen LogP contribution in [0, 0.1) is 20.8 Å². The molecule has 0 aliphatic rings. The minimum atomic E-state index is 0.183. The normalized spacial score (nSPS) is 11.4. The number of rotatable bonds is 3. The van der Waals surface area contributed by atoms with Gasteiger partial charge in [0, 0.05) is 11.9 Å². The second-order valence-electron chi connectivity index (χ2n) is 8.06. The number of fused-ring (bicyclic) bond motifs is 2. The number of benzene rings is 3. The predicted octanol–water partition coefficient (Wildman–Crippen LogP) is 5.93. The number of aromatic nitrogens is 3. The van der Waals surface area contributed by atoms with E-state index >= 15 is 0 Å². The number of aromatic hydroxyl groups is 1. The molecule has 4 nitrogen and oxygen atoms in total. The van der Waals surface area contributed by atoms with Crippen molar-refractivity contribution in [3.63, 3.8) is 0 Å². The third-order valence-electron chi connectivity index (χ3n) is 5.45. The van der Waals surface area contributed by atoms with Crippen LogP contribution in [0.2, 0.25) is 0 Å². The van der Waals surface area contributed by atoms with Gasteiger partial charge < -0.3 is 9.67 Å². The van der Waals surface area contributed by atoms with Crippen molar-refractivity contribution in [1.29, 1.82) is 0 Å². The maximum Gasteiger partial charge on any atom is 0.160 e. The van der Waals surface area contributed by atoms with E-state index in [-0.39, 0.29) is 5.75 Å². The zero-order valence-corrected chi connectivity index (χ0v) is 17.3. The van der Waals surface area contributed by atoms with E-state index in [9.17, 15) is 5.11 Å². The Labute approximate surface area is 175 Å². The number of hydrogen-bond donors (Lipinski definition) is 1.